The molecule has 118 valence electrons. The lowest BCUT2D eigenvalue weighted by atomic mass is 10.1. The summed E-state index contributed by atoms with van der Waals surface area (Å²) in [4.78, 5) is 14.0. The van der Waals surface area contributed by atoms with E-state index >= 15 is 0 Å². The smallest absolute Gasteiger partial charge is 0.224 e. The molecule has 0 bridgehead atoms. The van der Waals surface area contributed by atoms with Gasteiger partial charge in [-0.05, 0) is 57.1 Å². The maximum atomic E-state index is 13.0. The van der Waals surface area contributed by atoms with Gasteiger partial charge in [0.1, 0.15) is 5.82 Å². The van der Waals surface area contributed by atoms with Gasteiger partial charge in [0, 0.05) is 12.1 Å². The molecule has 0 atom stereocenters. The van der Waals surface area contributed by atoms with E-state index < -0.39 is 5.82 Å². The summed E-state index contributed by atoms with van der Waals surface area (Å²) >= 11 is 0. The predicted molar refractivity (Wildman–Crippen MR) is 85.6 cm³/mol. The second-order valence-electron chi connectivity index (χ2n) is 5.87. The fourth-order valence-corrected chi connectivity index (χ4v) is 1.94. The van der Waals surface area contributed by atoms with E-state index in [0.29, 0.717) is 18.0 Å². The first kappa shape index (κ1) is 17.4. The number of carbonyl (C=O) groups excluding carboxylic acids is 1. The van der Waals surface area contributed by atoms with Crippen LogP contribution in [0.3, 0.4) is 0 Å². The first-order valence-electron chi connectivity index (χ1n) is 7.42. The van der Waals surface area contributed by atoms with Crippen molar-refractivity contribution in [2.75, 3.05) is 31.2 Å². The molecule has 1 aromatic carbocycles. The summed E-state index contributed by atoms with van der Waals surface area (Å²) < 4.78 is 13.0. The Labute approximate surface area is 126 Å². The van der Waals surface area contributed by atoms with Crippen molar-refractivity contribution in [3.8, 4) is 0 Å². The molecule has 0 unspecified atom stereocenters. The molecule has 1 amide bonds. The standard InChI is InChI=1S/C16H26FN3O/c1-12(2)8-10-20(3)9-4-5-16(21)19-13-6-7-14(17)15(18)11-13/h6-7,11-12H,4-5,8-10,18H2,1-3H3,(H,19,21). The highest BCUT2D eigenvalue weighted by atomic mass is 19.1. The van der Waals surface area contributed by atoms with E-state index in [-0.39, 0.29) is 11.6 Å². The average molecular weight is 295 g/mol. The number of halogens is 1. The van der Waals surface area contributed by atoms with Gasteiger partial charge in [0.2, 0.25) is 5.91 Å². The number of nitrogens with two attached hydrogens (primary N) is 1. The van der Waals surface area contributed by atoms with Crippen LogP contribution in [0.1, 0.15) is 33.1 Å². The highest BCUT2D eigenvalue weighted by molar-refractivity contribution is 5.91. The molecular formula is C16H26FN3O. The minimum Gasteiger partial charge on any atom is -0.396 e. The lowest BCUT2D eigenvalue weighted by molar-refractivity contribution is -0.116. The van der Waals surface area contributed by atoms with Crippen LogP contribution in [0.5, 0.6) is 0 Å². The minimum absolute atomic E-state index is 0.0428. The number of nitrogens with zero attached hydrogens (tertiary/aromatic N) is 1. The van der Waals surface area contributed by atoms with Crippen LogP contribution in [-0.2, 0) is 4.79 Å². The van der Waals surface area contributed by atoms with Gasteiger partial charge in [-0.25, -0.2) is 4.39 Å². The quantitative estimate of drug-likeness (QED) is 0.725. The second-order valence-corrected chi connectivity index (χ2v) is 5.87. The van der Waals surface area contributed by atoms with Crippen LogP contribution in [0.2, 0.25) is 0 Å². The van der Waals surface area contributed by atoms with Crippen molar-refractivity contribution in [3.63, 3.8) is 0 Å². The van der Waals surface area contributed by atoms with Crippen LogP contribution in [0, 0.1) is 11.7 Å². The van der Waals surface area contributed by atoms with Crippen molar-refractivity contribution in [1.29, 1.82) is 0 Å². The van der Waals surface area contributed by atoms with Gasteiger partial charge in [0.15, 0.2) is 0 Å². The van der Waals surface area contributed by atoms with E-state index in [4.69, 9.17) is 5.73 Å². The van der Waals surface area contributed by atoms with Crippen molar-refractivity contribution >= 4 is 17.3 Å². The lowest BCUT2D eigenvalue weighted by Gasteiger charge is -2.17. The highest BCUT2D eigenvalue weighted by Gasteiger charge is 2.06. The SMILES string of the molecule is CC(C)CCN(C)CCCC(=O)Nc1ccc(F)c(N)c1. The van der Waals surface area contributed by atoms with E-state index in [1.54, 1.807) is 0 Å². The predicted octanol–water partition coefficient (Wildman–Crippen LogP) is 3.10. The molecular weight excluding hydrogens is 269 g/mol. The fraction of sp³-hybridized carbons (Fsp3) is 0.562. The summed E-state index contributed by atoms with van der Waals surface area (Å²) in [6.07, 6.45) is 2.41. The van der Waals surface area contributed by atoms with Gasteiger partial charge in [0.25, 0.3) is 0 Å². The molecule has 5 heteroatoms. The maximum Gasteiger partial charge on any atom is 0.224 e. The molecule has 0 saturated heterocycles. The van der Waals surface area contributed by atoms with Gasteiger partial charge >= 0.3 is 0 Å². The van der Waals surface area contributed by atoms with Crippen LogP contribution in [0.4, 0.5) is 15.8 Å². The lowest BCUT2D eigenvalue weighted by Crippen LogP contribution is -2.23. The number of hydrogen-bond donors (Lipinski definition) is 2. The van der Waals surface area contributed by atoms with E-state index in [9.17, 15) is 9.18 Å². The maximum absolute atomic E-state index is 13.0. The van der Waals surface area contributed by atoms with E-state index in [1.807, 2.05) is 0 Å². The Balaban J connectivity index is 2.26. The number of hydrogen-bond acceptors (Lipinski definition) is 3. The molecule has 0 aliphatic carbocycles. The molecule has 1 rings (SSSR count). The zero-order valence-corrected chi connectivity index (χ0v) is 13.2. The minimum atomic E-state index is -0.472. The topological polar surface area (TPSA) is 58.4 Å². The molecule has 21 heavy (non-hydrogen) atoms. The number of nitrogens with one attached hydrogen (secondary N) is 1. The average Bonchev–Trinajstić information content (AvgIpc) is 2.40. The fourth-order valence-electron chi connectivity index (χ4n) is 1.94. The Bertz CT molecular complexity index is 463. The van der Waals surface area contributed by atoms with Crippen molar-refractivity contribution in [3.05, 3.63) is 24.0 Å². The number of amides is 1. The monoisotopic (exact) mass is 295 g/mol. The first-order valence-corrected chi connectivity index (χ1v) is 7.42. The third-order valence-electron chi connectivity index (χ3n) is 3.31. The number of carbonyl (C=O) groups is 1. The third-order valence-corrected chi connectivity index (χ3v) is 3.31. The number of nitrogen functional groups attached to an aromatic ring is 1. The summed E-state index contributed by atoms with van der Waals surface area (Å²) in [5.41, 5.74) is 6.04. The van der Waals surface area contributed by atoms with Crippen LogP contribution in [0.15, 0.2) is 18.2 Å². The Kier molecular flexibility index (Phi) is 7.15. The first-order chi connectivity index (χ1) is 9.88. The summed E-state index contributed by atoms with van der Waals surface area (Å²) in [7, 11) is 2.07. The van der Waals surface area contributed by atoms with Crippen molar-refractivity contribution in [2.45, 2.75) is 33.1 Å². The van der Waals surface area contributed by atoms with Gasteiger partial charge in [-0.15, -0.1) is 0 Å². The highest BCUT2D eigenvalue weighted by Crippen LogP contribution is 2.16. The second kappa shape index (κ2) is 8.62. The molecule has 0 aliphatic rings. The summed E-state index contributed by atoms with van der Waals surface area (Å²) in [5.74, 6) is 0.151. The van der Waals surface area contributed by atoms with Gasteiger partial charge in [0.05, 0.1) is 5.69 Å². The van der Waals surface area contributed by atoms with Gasteiger partial charge < -0.3 is 16.0 Å². The summed E-state index contributed by atoms with van der Waals surface area (Å²) in [5, 5.41) is 2.73. The van der Waals surface area contributed by atoms with E-state index in [0.717, 1.165) is 25.9 Å². The van der Waals surface area contributed by atoms with Gasteiger partial charge in [-0.1, -0.05) is 13.8 Å². The largest absolute Gasteiger partial charge is 0.396 e. The number of benzene rings is 1. The Morgan fingerprint density at radius 3 is 2.71 bits per heavy atom. The molecule has 1 aromatic rings. The van der Waals surface area contributed by atoms with Gasteiger partial charge in [-0.3, -0.25) is 4.79 Å². The summed E-state index contributed by atoms with van der Waals surface area (Å²) in [6.45, 7) is 6.35. The van der Waals surface area contributed by atoms with Crippen LogP contribution in [0.25, 0.3) is 0 Å². The van der Waals surface area contributed by atoms with Crippen LogP contribution >= 0.6 is 0 Å². The van der Waals surface area contributed by atoms with Crippen LogP contribution < -0.4 is 11.1 Å². The molecule has 3 N–H and O–H groups in total. The molecule has 0 heterocycles. The zero-order valence-electron chi connectivity index (χ0n) is 13.2. The molecule has 0 fully saturated rings. The van der Waals surface area contributed by atoms with Crippen molar-refractivity contribution < 1.29 is 9.18 Å². The molecule has 0 aromatic heterocycles. The van der Waals surface area contributed by atoms with E-state index in [2.05, 4.69) is 31.1 Å². The Hall–Kier alpha value is -1.62. The summed E-state index contributed by atoms with van der Waals surface area (Å²) in [6, 6.07) is 4.20. The van der Waals surface area contributed by atoms with Gasteiger partial charge in [-0.2, -0.15) is 0 Å². The Morgan fingerprint density at radius 1 is 1.38 bits per heavy atom. The van der Waals surface area contributed by atoms with E-state index in [1.165, 1.54) is 18.2 Å². The van der Waals surface area contributed by atoms with Crippen molar-refractivity contribution in [1.82, 2.24) is 4.90 Å². The third kappa shape index (κ3) is 7.09. The number of anilines is 2. The van der Waals surface area contributed by atoms with Crippen LogP contribution in [-0.4, -0.2) is 30.9 Å². The molecule has 4 nitrogen and oxygen atoms in total. The normalized spacial score (nSPS) is 11.1. The Morgan fingerprint density at radius 2 is 2.10 bits per heavy atom. The molecule has 0 radical (unpaired) electrons. The van der Waals surface area contributed by atoms with Crippen molar-refractivity contribution in [2.24, 2.45) is 5.92 Å². The molecule has 0 aliphatic heterocycles. The molecule has 0 spiro atoms. The number of rotatable bonds is 8. The molecule has 0 saturated carbocycles. The zero-order chi connectivity index (χ0) is 15.8.